The van der Waals surface area contributed by atoms with E-state index in [4.69, 9.17) is 0 Å². The highest BCUT2D eigenvalue weighted by Gasteiger charge is 2.36. The molecule has 0 spiro atoms. The molecule has 7 heteroatoms. The molecule has 2 aromatic carbocycles. The van der Waals surface area contributed by atoms with Gasteiger partial charge in [0.1, 0.15) is 4.90 Å². The van der Waals surface area contributed by atoms with Crippen molar-refractivity contribution in [1.82, 2.24) is 4.31 Å². The molecule has 0 aliphatic carbocycles. The SMILES string of the molecule is O=C1Nc2ccccc2S(=O)(=O)N1Cc1ccc(Br)cc1. The van der Waals surface area contributed by atoms with Crippen LogP contribution in [0.1, 0.15) is 5.56 Å². The number of fused-ring (bicyclic) bond motifs is 1. The molecule has 21 heavy (non-hydrogen) atoms. The Bertz CT molecular complexity index is 803. The molecule has 0 radical (unpaired) electrons. The van der Waals surface area contributed by atoms with E-state index in [-0.39, 0.29) is 11.4 Å². The van der Waals surface area contributed by atoms with E-state index in [0.717, 1.165) is 14.3 Å². The van der Waals surface area contributed by atoms with Crippen molar-refractivity contribution in [2.45, 2.75) is 11.4 Å². The van der Waals surface area contributed by atoms with Crippen LogP contribution in [0.5, 0.6) is 0 Å². The predicted molar refractivity (Wildman–Crippen MR) is 82.3 cm³/mol. The van der Waals surface area contributed by atoms with Gasteiger partial charge in [0, 0.05) is 4.47 Å². The van der Waals surface area contributed by atoms with Gasteiger partial charge in [-0.05, 0) is 29.8 Å². The fourth-order valence-electron chi connectivity index (χ4n) is 2.11. The number of rotatable bonds is 2. The summed E-state index contributed by atoms with van der Waals surface area (Å²) >= 11 is 3.32. The summed E-state index contributed by atoms with van der Waals surface area (Å²) in [6.45, 7) is -0.00419. The first kappa shape index (κ1) is 14.1. The maximum Gasteiger partial charge on any atom is 0.336 e. The number of benzene rings is 2. The van der Waals surface area contributed by atoms with E-state index >= 15 is 0 Å². The number of para-hydroxylation sites is 1. The molecule has 1 heterocycles. The van der Waals surface area contributed by atoms with Crippen molar-refractivity contribution >= 4 is 37.7 Å². The zero-order chi connectivity index (χ0) is 15.0. The maximum absolute atomic E-state index is 12.5. The Morgan fingerprint density at radius 2 is 1.71 bits per heavy atom. The van der Waals surface area contributed by atoms with E-state index in [1.807, 2.05) is 0 Å². The van der Waals surface area contributed by atoms with Crippen molar-refractivity contribution in [2.75, 3.05) is 5.32 Å². The lowest BCUT2D eigenvalue weighted by atomic mass is 10.2. The number of urea groups is 1. The molecule has 3 rings (SSSR count). The molecule has 2 amide bonds. The second-order valence-corrected chi connectivity index (χ2v) is 7.31. The molecule has 0 saturated heterocycles. The number of nitrogens with zero attached hydrogens (tertiary/aromatic N) is 1. The van der Waals surface area contributed by atoms with Crippen LogP contribution in [0.4, 0.5) is 10.5 Å². The van der Waals surface area contributed by atoms with Crippen molar-refractivity contribution in [2.24, 2.45) is 0 Å². The Morgan fingerprint density at radius 1 is 1.05 bits per heavy atom. The molecule has 1 N–H and O–H groups in total. The van der Waals surface area contributed by atoms with E-state index in [1.54, 1.807) is 42.5 Å². The Hall–Kier alpha value is -1.86. The molecule has 5 nitrogen and oxygen atoms in total. The molecule has 0 aromatic heterocycles. The van der Waals surface area contributed by atoms with Crippen LogP contribution in [0.3, 0.4) is 0 Å². The van der Waals surface area contributed by atoms with Crippen molar-refractivity contribution in [3.05, 3.63) is 58.6 Å². The van der Waals surface area contributed by atoms with Crippen LogP contribution in [0, 0.1) is 0 Å². The highest BCUT2D eigenvalue weighted by atomic mass is 79.9. The molecule has 1 aliphatic rings. The minimum atomic E-state index is -3.83. The first-order chi connectivity index (χ1) is 9.98. The predicted octanol–water partition coefficient (Wildman–Crippen LogP) is 3.19. The summed E-state index contributed by atoms with van der Waals surface area (Å²) in [6, 6.07) is 12.9. The van der Waals surface area contributed by atoms with Gasteiger partial charge in [-0.2, -0.15) is 0 Å². The van der Waals surface area contributed by atoms with E-state index < -0.39 is 16.1 Å². The van der Waals surface area contributed by atoms with Crippen molar-refractivity contribution in [1.29, 1.82) is 0 Å². The normalized spacial score (nSPS) is 16.2. The molecule has 0 unspecified atom stereocenters. The monoisotopic (exact) mass is 366 g/mol. The summed E-state index contributed by atoms with van der Waals surface area (Å²) in [5.41, 5.74) is 1.05. The third-order valence-electron chi connectivity index (χ3n) is 3.16. The number of anilines is 1. The summed E-state index contributed by atoms with van der Waals surface area (Å²) in [7, 11) is -3.83. The Morgan fingerprint density at radius 3 is 2.43 bits per heavy atom. The Balaban J connectivity index is 2.00. The largest absolute Gasteiger partial charge is 0.336 e. The first-order valence-corrected chi connectivity index (χ1v) is 8.39. The number of sulfonamides is 1. The molecular weight excluding hydrogens is 356 g/mol. The quantitative estimate of drug-likeness (QED) is 0.887. The standard InChI is InChI=1S/C14H11BrN2O3S/c15-11-7-5-10(6-8-11)9-17-14(18)16-12-3-1-2-4-13(12)21(17,19)20/h1-8H,9H2,(H,16,18). The van der Waals surface area contributed by atoms with Gasteiger partial charge in [-0.15, -0.1) is 0 Å². The van der Waals surface area contributed by atoms with E-state index in [2.05, 4.69) is 21.2 Å². The van der Waals surface area contributed by atoms with Crippen molar-refractivity contribution in [3.63, 3.8) is 0 Å². The van der Waals surface area contributed by atoms with Gasteiger partial charge in [0.15, 0.2) is 0 Å². The lowest BCUT2D eigenvalue weighted by Crippen LogP contribution is -2.43. The third kappa shape index (κ3) is 2.54. The number of carbonyl (C=O) groups excluding carboxylic acids is 1. The zero-order valence-electron chi connectivity index (χ0n) is 10.8. The van der Waals surface area contributed by atoms with Gasteiger partial charge in [-0.3, -0.25) is 0 Å². The van der Waals surface area contributed by atoms with Crippen LogP contribution in [-0.2, 0) is 16.6 Å². The molecular formula is C14H11BrN2O3S. The molecule has 0 bridgehead atoms. The summed E-state index contributed by atoms with van der Waals surface area (Å²) in [5, 5.41) is 2.60. The molecule has 0 fully saturated rings. The van der Waals surface area contributed by atoms with Crippen LogP contribution in [0.25, 0.3) is 0 Å². The molecule has 108 valence electrons. The van der Waals surface area contributed by atoms with Crippen molar-refractivity contribution in [3.8, 4) is 0 Å². The fraction of sp³-hybridized carbons (Fsp3) is 0.0714. The van der Waals surface area contributed by atoms with Gasteiger partial charge in [0.05, 0.1) is 12.2 Å². The van der Waals surface area contributed by atoms with Crippen LogP contribution in [0.15, 0.2) is 57.9 Å². The molecule has 0 saturated carbocycles. The van der Waals surface area contributed by atoms with Gasteiger partial charge in [0.25, 0.3) is 10.0 Å². The number of carbonyl (C=O) groups is 1. The number of hydrogen-bond donors (Lipinski definition) is 1. The van der Waals surface area contributed by atoms with Crippen LogP contribution in [-0.4, -0.2) is 18.8 Å². The smallest absolute Gasteiger partial charge is 0.306 e. The second-order valence-electron chi connectivity index (χ2n) is 4.56. The second kappa shape index (κ2) is 5.16. The Labute approximate surface area is 130 Å². The van der Waals surface area contributed by atoms with Crippen LogP contribution >= 0.6 is 15.9 Å². The zero-order valence-corrected chi connectivity index (χ0v) is 13.2. The van der Waals surface area contributed by atoms with E-state index in [1.165, 1.54) is 6.07 Å². The average Bonchev–Trinajstić information content (AvgIpc) is 2.45. The summed E-state index contributed by atoms with van der Waals surface area (Å²) in [6.07, 6.45) is 0. The molecule has 2 aromatic rings. The van der Waals surface area contributed by atoms with E-state index in [0.29, 0.717) is 5.69 Å². The fourth-order valence-corrected chi connectivity index (χ4v) is 3.84. The maximum atomic E-state index is 12.5. The Kier molecular flexibility index (Phi) is 3.46. The van der Waals surface area contributed by atoms with Gasteiger partial charge >= 0.3 is 6.03 Å². The third-order valence-corrected chi connectivity index (χ3v) is 5.48. The minimum Gasteiger partial charge on any atom is -0.306 e. The molecule has 1 aliphatic heterocycles. The number of hydrogen-bond acceptors (Lipinski definition) is 3. The lowest BCUT2D eigenvalue weighted by Gasteiger charge is -2.28. The highest BCUT2D eigenvalue weighted by Crippen LogP contribution is 2.30. The topological polar surface area (TPSA) is 66.5 Å². The highest BCUT2D eigenvalue weighted by molar-refractivity contribution is 9.10. The lowest BCUT2D eigenvalue weighted by molar-refractivity contribution is 0.233. The van der Waals surface area contributed by atoms with Crippen LogP contribution in [0.2, 0.25) is 0 Å². The van der Waals surface area contributed by atoms with Crippen LogP contribution < -0.4 is 5.32 Å². The average molecular weight is 367 g/mol. The summed E-state index contributed by atoms with van der Waals surface area (Å²) in [5.74, 6) is 0. The molecule has 0 atom stereocenters. The number of nitrogens with one attached hydrogen (secondary N) is 1. The number of halogens is 1. The number of amides is 2. The minimum absolute atomic E-state index is 0.00419. The first-order valence-electron chi connectivity index (χ1n) is 6.16. The van der Waals surface area contributed by atoms with E-state index in [9.17, 15) is 13.2 Å². The van der Waals surface area contributed by atoms with Gasteiger partial charge in [-0.1, -0.05) is 40.2 Å². The van der Waals surface area contributed by atoms with Gasteiger partial charge < -0.3 is 5.32 Å². The van der Waals surface area contributed by atoms with Crippen molar-refractivity contribution < 1.29 is 13.2 Å². The van der Waals surface area contributed by atoms with Gasteiger partial charge in [-0.25, -0.2) is 17.5 Å². The summed E-state index contributed by atoms with van der Waals surface area (Å²) in [4.78, 5) is 12.2. The summed E-state index contributed by atoms with van der Waals surface area (Å²) < 4.78 is 26.8. The van der Waals surface area contributed by atoms with Gasteiger partial charge in [0.2, 0.25) is 0 Å².